The van der Waals surface area contributed by atoms with Crippen molar-refractivity contribution < 1.29 is 4.90 Å². The molecule has 1 unspecified atom stereocenters. The van der Waals surface area contributed by atoms with Crippen LogP contribution in [0.3, 0.4) is 0 Å². The summed E-state index contributed by atoms with van der Waals surface area (Å²) in [6.45, 7) is 2.11. The second kappa shape index (κ2) is 7.82. The number of halogens is 1. The summed E-state index contributed by atoms with van der Waals surface area (Å²) in [5.74, 6) is 0. The second-order valence-corrected chi connectivity index (χ2v) is 7.75. The molecule has 1 atom stereocenters. The van der Waals surface area contributed by atoms with Gasteiger partial charge in [-0.3, -0.25) is 0 Å². The van der Waals surface area contributed by atoms with E-state index < -0.39 is 0 Å². The standard InChI is InChI=1S/C18H26ClN3S/c1-21(16-7-2-3-8-16)17-9-11-22(12-10-17)18(23)20-15-6-4-5-14(19)13-15/h4-6,13,16-17H,2-3,7-12H2,1H3,(H,20,23)/p+1. The van der Waals surface area contributed by atoms with Gasteiger partial charge in [-0.25, -0.2) is 0 Å². The van der Waals surface area contributed by atoms with Crippen LogP contribution in [-0.2, 0) is 0 Å². The number of nitrogens with one attached hydrogen (secondary N) is 2. The minimum Gasteiger partial charge on any atom is -0.349 e. The monoisotopic (exact) mass is 352 g/mol. The molecule has 2 fully saturated rings. The molecule has 0 radical (unpaired) electrons. The lowest BCUT2D eigenvalue weighted by atomic mass is 10.0. The van der Waals surface area contributed by atoms with Crippen LogP contribution in [0.1, 0.15) is 38.5 Å². The highest BCUT2D eigenvalue weighted by Crippen LogP contribution is 2.19. The van der Waals surface area contributed by atoms with Crippen LogP contribution in [0, 0.1) is 0 Å². The number of quaternary nitrogens is 1. The first kappa shape index (κ1) is 17.0. The van der Waals surface area contributed by atoms with Crippen LogP contribution in [0.5, 0.6) is 0 Å². The van der Waals surface area contributed by atoms with Crippen molar-refractivity contribution in [2.75, 3.05) is 25.5 Å². The number of nitrogens with zero attached hydrogens (tertiary/aromatic N) is 1. The Kier molecular flexibility index (Phi) is 5.78. The lowest BCUT2D eigenvalue weighted by molar-refractivity contribution is -0.931. The summed E-state index contributed by atoms with van der Waals surface area (Å²) in [6.07, 6.45) is 8.16. The van der Waals surface area contributed by atoms with Crippen LogP contribution in [-0.4, -0.2) is 42.2 Å². The van der Waals surface area contributed by atoms with Gasteiger partial charge in [-0.1, -0.05) is 17.7 Å². The third-order valence-electron chi connectivity index (χ3n) is 5.50. The first-order valence-electron chi connectivity index (χ1n) is 8.78. The zero-order chi connectivity index (χ0) is 16.2. The molecule has 2 N–H and O–H groups in total. The minimum absolute atomic E-state index is 0.735. The molecule has 5 heteroatoms. The van der Waals surface area contributed by atoms with Gasteiger partial charge in [0.2, 0.25) is 0 Å². The average Bonchev–Trinajstić information content (AvgIpc) is 3.09. The normalized spacial score (nSPS) is 21.4. The Morgan fingerprint density at radius 1 is 1.17 bits per heavy atom. The summed E-state index contributed by atoms with van der Waals surface area (Å²) in [6, 6.07) is 9.43. The molecule has 0 spiro atoms. The Hall–Kier alpha value is -0.840. The number of benzene rings is 1. The highest BCUT2D eigenvalue weighted by molar-refractivity contribution is 7.80. The fourth-order valence-corrected chi connectivity index (χ4v) is 4.51. The SMILES string of the molecule is C[NH+](C1CCCC1)C1CCN(C(=S)Nc2cccc(Cl)c2)CC1. The molecule has 3 rings (SSSR count). The molecule has 126 valence electrons. The van der Waals surface area contributed by atoms with Crippen LogP contribution >= 0.6 is 23.8 Å². The molecule has 1 aromatic carbocycles. The number of thiocarbonyl (C=S) groups is 1. The number of rotatable bonds is 3. The van der Waals surface area contributed by atoms with Crippen LogP contribution < -0.4 is 10.2 Å². The van der Waals surface area contributed by atoms with Gasteiger partial charge in [-0.05, 0) is 56.1 Å². The first-order chi connectivity index (χ1) is 11.1. The predicted molar refractivity (Wildman–Crippen MR) is 101 cm³/mol. The van der Waals surface area contributed by atoms with E-state index in [9.17, 15) is 0 Å². The number of anilines is 1. The highest BCUT2D eigenvalue weighted by Gasteiger charge is 2.32. The van der Waals surface area contributed by atoms with E-state index in [0.717, 1.165) is 41.0 Å². The van der Waals surface area contributed by atoms with E-state index in [1.807, 2.05) is 24.3 Å². The summed E-state index contributed by atoms with van der Waals surface area (Å²) < 4.78 is 0. The molecular weight excluding hydrogens is 326 g/mol. The van der Waals surface area contributed by atoms with Gasteiger partial charge in [0.1, 0.15) is 0 Å². The number of hydrogen-bond acceptors (Lipinski definition) is 1. The van der Waals surface area contributed by atoms with Gasteiger partial charge < -0.3 is 15.1 Å². The molecule has 1 saturated heterocycles. The maximum absolute atomic E-state index is 6.03. The number of likely N-dealkylation sites (tertiary alicyclic amines) is 1. The molecule has 1 aliphatic carbocycles. The third kappa shape index (κ3) is 4.37. The van der Waals surface area contributed by atoms with E-state index >= 15 is 0 Å². The maximum atomic E-state index is 6.03. The van der Waals surface area contributed by atoms with Crippen molar-refractivity contribution in [3.8, 4) is 0 Å². The molecule has 0 bridgehead atoms. The summed E-state index contributed by atoms with van der Waals surface area (Å²) in [5.41, 5.74) is 0.971. The lowest BCUT2D eigenvalue weighted by Gasteiger charge is -2.38. The zero-order valence-corrected chi connectivity index (χ0v) is 15.4. The molecule has 23 heavy (non-hydrogen) atoms. The Morgan fingerprint density at radius 3 is 2.48 bits per heavy atom. The summed E-state index contributed by atoms with van der Waals surface area (Å²) in [7, 11) is 2.40. The van der Waals surface area contributed by atoms with Crippen molar-refractivity contribution in [1.82, 2.24) is 4.90 Å². The lowest BCUT2D eigenvalue weighted by Crippen LogP contribution is -3.16. The van der Waals surface area contributed by atoms with Gasteiger partial charge in [-0.2, -0.15) is 0 Å². The topological polar surface area (TPSA) is 19.7 Å². The molecule has 1 aliphatic heterocycles. The predicted octanol–water partition coefficient (Wildman–Crippen LogP) is 2.96. The molecule has 0 amide bonds. The molecular formula is C18H27ClN3S+. The van der Waals surface area contributed by atoms with Crippen LogP contribution in [0.2, 0.25) is 5.02 Å². The van der Waals surface area contributed by atoms with Crippen molar-refractivity contribution in [2.24, 2.45) is 0 Å². The van der Waals surface area contributed by atoms with E-state index in [4.69, 9.17) is 23.8 Å². The van der Waals surface area contributed by atoms with Crippen molar-refractivity contribution in [2.45, 2.75) is 50.6 Å². The van der Waals surface area contributed by atoms with Gasteiger partial charge in [-0.15, -0.1) is 0 Å². The molecule has 0 aromatic heterocycles. The van der Waals surface area contributed by atoms with Gasteiger partial charge >= 0.3 is 0 Å². The van der Waals surface area contributed by atoms with E-state index in [-0.39, 0.29) is 0 Å². The molecule has 1 aromatic rings. The largest absolute Gasteiger partial charge is 0.349 e. The Labute approximate surface area is 150 Å². The van der Waals surface area contributed by atoms with Gasteiger partial charge in [0.15, 0.2) is 5.11 Å². The van der Waals surface area contributed by atoms with Crippen molar-refractivity contribution in [3.63, 3.8) is 0 Å². The summed E-state index contributed by atoms with van der Waals surface area (Å²) in [5, 5.41) is 4.88. The van der Waals surface area contributed by atoms with E-state index in [1.165, 1.54) is 38.5 Å². The second-order valence-electron chi connectivity index (χ2n) is 6.93. The molecule has 1 heterocycles. The smallest absolute Gasteiger partial charge is 0.173 e. The van der Waals surface area contributed by atoms with Crippen molar-refractivity contribution >= 4 is 34.6 Å². The summed E-state index contributed by atoms with van der Waals surface area (Å²) in [4.78, 5) is 4.06. The van der Waals surface area contributed by atoms with Crippen molar-refractivity contribution in [3.05, 3.63) is 29.3 Å². The minimum atomic E-state index is 0.735. The van der Waals surface area contributed by atoms with Gasteiger partial charge in [0.25, 0.3) is 0 Å². The third-order valence-corrected chi connectivity index (χ3v) is 6.10. The van der Waals surface area contributed by atoms with Crippen LogP contribution in [0.4, 0.5) is 5.69 Å². The molecule has 1 saturated carbocycles. The Balaban J connectivity index is 1.49. The Bertz CT molecular complexity index is 537. The number of piperidine rings is 1. The van der Waals surface area contributed by atoms with E-state index in [1.54, 1.807) is 4.90 Å². The quantitative estimate of drug-likeness (QED) is 0.816. The number of hydrogen-bond donors (Lipinski definition) is 2. The molecule has 3 nitrogen and oxygen atoms in total. The zero-order valence-electron chi connectivity index (χ0n) is 13.9. The van der Waals surface area contributed by atoms with E-state index in [2.05, 4.69) is 17.3 Å². The summed E-state index contributed by atoms with van der Waals surface area (Å²) >= 11 is 11.6. The highest BCUT2D eigenvalue weighted by atomic mass is 35.5. The fourth-order valence-electron chi connectivity index (χ4n) is 4.02. The first-order valence-corrected chi connectivity index (χ1v) is 9.57. The fraction of sp³-hybridized carbons (Fsp3) is 0.611. The van der Waals surface area contributed by atoms with Crippen LogP contribution in [0.25, 0.3) is 0 Å². The molecule has 2 aliphatic rings. The maximum Gasteiger partial charge on any atom is 0.173 e. The average molecular weight is 353 g/mol. The van der Waals surface area contributed by atoms with Crippen molar-refractivity contribution in [1.29, 1.82) is 0 Å². The van der Waals surface area contributed by atoms with Gasteiger partial charge in [0, 0.05) is 36.6 Å². The van der Waals surface area contributed by atoms with Gasteiger partial charge in [0.05, 0.1) is 19.1 Å². The van der Waals surface area contributed by atoms with Crippen LogP contribution in [0.15, 0.2) is 24.3 Å². The Morgan fingerprint density at radius 2 is 1.83 bits per heavy atom. The van der Waals surface area contributed by atoms with E-state index in [0.29, 0.717) is 0 Å².